The molecule has 0 aliphatic rings. The van der Waals surface area contributed by atoms with Crippen molar-refractivity contribution in [1.29, 1.82) is 0 Å². The van der Waals surface area contributed by atoms with Gasteiger partial charge in [-0.3, -0.25) is 0 Å². The molecule has 0 fully saturated rings. The summed E-state index contributed by atoms with van der Waals surface area (Å²) in [4.78, 5) is 11.6. The first kappa shape index (κ1) is 17.1. The molecular formula is C16H20N2O4S. The number of carbonyl (C=O) groups excluding carboxylic acids is 1. The molecule has 0 spiro atoms. The van der Waals surface area contributed by atoms with Crippen molar-refractivity contribution in [3.63, 3.8) is 0 Å². The molecule has 1 heterocycles. The lowest BCUT2D eigenvalue weighted by molar-refractivity contribution is 0.0589. The van der Waals surface area contributed by atoms with Gasteiger partial charge in [0.1, 0.15) is 5.69 Å². The third-order valence-corrected chi connectivity index (χ3v) is 4.35. The number of benzene rings is 1. The molecule has 0 saturated carbocycles. The van der Waals surface area contributed by atoms with E-state index in [1.807, 2.05) is 24.3 Å². The molecule has 0 atom stereocenters. The second-order valence-corrected chi connectivity index (χ2v) is 7.48. The van der Waals surface area contributed by atoms with Gasteiger partial charge in [0.2, 0.25) is 0 Å². The van der Waals surface area contributed by atoms with Crippen LogP contribution in [-0.4, -0.2) is 32.3 Å². The van der Waals surface area contributed by atoms with E-state index in [9.17, 15) is 13.2 Å². The smallest absolute Gasteiger partial charge is 0.354 e. The second-order valence-electron chi connectivity index (χ2n) is 5.34. The Morgan fingerprint density at radius 2 is 1.91 bits per heavy atom. The van der Waals surface area contributed by atoms with Crippen molar-refractivity contribution in [2.75, 3.05) is 18.7 Å². The molecule has 0 aliphatic carbocycles. The topological polar surface area (TPSA) is 77.4 Å². The highest BCUT2D eigenvalue weighted by atomic mass is 32.2. The van der Waals surface area contributed by atoms with Gasteiger partial charge < -0.3 is 14.6 Å². The third-order valence-electron chi connectivity index (χ3n) is 3.52. The predicted octanol–water partition coefficient (Wildman–Crippen LogP) is 1.97. The van der Waals surface area contributed by atoms with E-state index in [2.05, 4.69) is 5.32 Å². The van der Waals surface area contributed by atoms with Gasteiger partial charge in [-0.2, -0.15) is 0 Å². The lowest BCUT2D eigenvalue weighted by Gasteiger charge is -2.12. The second kappa shape index (κ2) is 6.87. The number of hydrogen-bond donors (Lipinski definition) is 1. The maximum atomic E-state index is 11.6. The van der Waals surface area contributed by atoms with Crippen molar-refractivity contribution in [3.8, 4) is 0 Å². The standard InChI is InChI=1S/C16H20N2O4S/c1-18-13(8-9-15(18)16(19)22-2)10-17-14-7-5-4-6-12(14)11-23(3,20)21/h4-9,17H,10-11H2,1-3H3. The number of esters is 1. The Kier molecular flexibility index (Phi) is 5.10. The molecule has 0 saturated heterocycles. The van der Waals surface area contributed by atoms with Gasteiger partial charge in [0.15, 0.2) is 9.84 Å². The van der Waals surface area contributed by atoms with Gasteiger partial charge in [0, 0.05) is 24.7 Å². The van der Waals surface area contributed by atoms with Crippen molar-refractivity contribution in [1.82, 2.24) is 4.57 Å². The Hall–Kier alpha value is -2.28. The van der Waals surface area contributed by atoms with E-state index in [1.165, 1.54) is 13.4 Å². The lowest BCUT2D eigenvalue weighted by Crippen LogP contribution is -2.12. The van der Waals surface area contributed by atoms with Crippen LogP contribution in [0.3, 0.4) is 0 Å². The third kappa shape index (κ3) is 4.35. The first-order chi connectivity index (χ1) is 10.8. The summed E-state index contributed by atoms with van der Waals surface area (Å²) in [6, 6.07) is 10.8. The summed E-state index contributed by atoms with van der Waals surface area (Å²) in [7, 11) is 0.0177. The number of methoxy groups -OCH3 is 1. The maximum Gasteiger partial charge on any atom is 0.354 e. The van der Waals surface area contributed by atoms with Crippen LogP contribution >= 0.6 is 0 Å². The van der Waals surface area contributed by atoms with Crippen LogP contribution in [-0.2, 0) is 33.9 Å². The van der Waals surface area contributed by atoms with Gasteiger partial charge >= 0.3 is 5.97 Å². The van der Waals surface area contributed by atoms with Crippen LogP contribution in [0.4, 0.5) is 5.69 Å². The summed E-state index contributed by atoms with van der Waals surface area (Å²) in [6.07, 6.45) is 1.21. The lowest BCUT2D eigenvalue weighted by atomic mass is 10.2. The fourth-order valence-corrected chi connectivity index (χ4v) is 3.14. The Morgan fingerprint density at radius 3 is 2.57 bits per heavy atom. The summed E-state index contributed by atoms with van der Waals surface area (Å²) < 4.78 is 29.5. The van der Waals surface area contributed by atoms with Crippen LogP contribution in [0.25, 0.3) is 0 Å². The maximum absolute atomic E-state index is 11.6. The minimum Gasteiger partial charge on any atom is -0.464 e. The fraction of sp³-hybridized carbons (Fsp3) is 0.312. The van der Waals surface area contributed by atoms with E-state index in [-0.39, 0.29) is 5.75 Å². The first-order valence-corrected chi connectivity index (χ1v) is 9.10. The molecule has 1 aromatic carbocycles. The molecule has 0 bridgehead atoms. The van der Waals surface area contributed by atoms with E-state index in [0.29, 0.717) is 12.2 Å². The SMILES string of the molecule is COC(=O)c1ccc(CNc2ccccc2CS(C)(=O)=O)n1C. The summed E-state index contributed by atoms with van der Waals surface area (Å²) in [6.45, 7) is 0.467. The molecular weight excluding hydrogens is 316 g/mol. The highest BCUT2D eigenvalue weighted by Gasteiger charge is 2.13. The van der Waals surface area contributed by atoms with Crippen LogP contribution in [0.5, 0.6) is 0 Å². The number of rotatable bonds is 6. The Balaban J connectivity index is 2.16. The number of ether oxygens (including phenoxy) is 1. The van der Waals surface area contributed by atoms with E-state index < -0.39 is 15.8 Å². The molecule has 2 rings (SSSR count). The molecule has 1 N–H and O–H groups in total. The van der Waals surface area contributed by atoms with Crippen LogP contribution in [0.2, 0.25) is 0 Å². The van der Waals surface area contributed by atoms with Crippen LogP contribution in [0.1, 0.15) is 21.7 Å². The molecule has 1 aromatic heterocycles. The van der Waals surface area contributed by atoms with Crippen molar-refractivity contribution in [2.45, 2.75) is 12.3 Å². The zero-order chi connectivity index (χ0) is 17.0. The van der Waals surface area contributed by atoms with E-state index >= 15 is 0 Å². The number of aromatic nitrogens is 1. The van der Waals surface area contributed by atoms with Gasteiger partial charge in [0.05, 0.1) is 19.4 Å². The predicted molar refractivity (Wildman–Crippen MR) is 89.1 cm³/mol. The largest absolute Gasteiger partial charge is 0.464 e. The zero-order valence-electron chi connectivity index (χ0n) is 13.4. The quantitative estimate of drug-likeness (QED) is 0.816. The summed E-state index contributed by atoms with van der Waals surface area (Å²) in [5.41, 5.74) is 2.84. The number of anilines is 1. The van der Waals surface area contributed by atoms with E-state index in [4.69, 9.17) is 4.74 Å². The molecule has 0 aliphatic heterocycles. The van der Waals surface area contributed by atoms with Crippen LogP contribution < -0.4 is 5.32 Å². The van der Waals surface area contributed by atoms with E-state index in [0.717, 1.165) is 16.9 Å². The molecule has 7 heteroatoms. The molecule has 0 unspecified atom stereocenters. The molecule has 124 valence electrons. The normalized spacial score (nSPS) is 11.3. The average Bonchev–Trinajstić information content (AvgIpc) is 2.85. The van der Waals surface area contributed by atoms with Crippen LogP contribution in [0.15, 0.2) is 36.4 Å². The van der Waals surface area contributed by atoms with Gasteiger partial charge in [-0.15, -0.1) is 0 Å². The number of hydrogen-bond acceptors (Lipinski definition) is 5. The highest BCUT2D eigenvalue weighted by molar-refractivity contribution is 7.89. The minimum absolute atomic E-state index is 0.0171. The zero-order valence-corrected chi connectivity index (χ0v) is 14.2. The van der Waals surface area contributed by atoms with Crippen molar-refractivity contribution in [2.24, 2.45) is 7.05 Å². The average molecular weight is 336 g/mol. The van der Waals surface area contributed by atoms with Crippen molar-refractivity contribution in [3.05, 3.63) is 53.3 Å². The summed E-state index contributed by atoms with van der Waals surface area (Å²) >= 11 is 0. The Morgan fingerprint density at radius 1 is 1.22 bits per heavy atom. The fourth-order valence-electron chi connectivity index (χ4n) is 2.33. The van der Waals surface area contributed by atoms with E-state index in [1.54, 1.807) is 23.7 Å². The van der Waals surface area contributed by atoms with Gasteiger partial charge in [-0.1, -0.05) is 18.2 Å². The highest BCUT2D eigenvalue weighted by Crippen LogP contribution is 2.19. The van der Waals surface area contributed by atoms with Gasteiger partial charge in [0.25, 0.3) is 0 Å². The van der Waals surface area contributed by atoms with Gasteiger partial charge in [-0.05, 0) is 23.8 Å². The number of carbonyl (C=O) groups is 1. The first-order valence-electron chi connectivity index (χ1n) is 7.04. The molecule has 23 heavy (non-hydrogen) atoms. The number of nitrogens with zero attached hydrogens (tertiary/aromatic N) is 1. The summed E-state index contributed by atoms with van der Waals surface area (Å²) in [5.74, 6) is -0.410. The minimum atomic E-state index is -3.11. The molecule has 0 radical (unpaired) electrons. The number of sulfone groups is 1. The van der Waals surface area contributed by atoms with Crippen molar-refractivity contribution < 1.29 is 17.9 Å². The van der Waals surface area contributed by atoms with Crippen molar-refractivity contribution >= 4 is 21.5 Å². The number of nitrogens with one attached hydrogen (secondary N) is 1. The van der Waals surface area contributed by atoms with Gasteiger partial charge in [-0.25, -0.2) is 13.2 Å². The molecule has 6 nitrogen and oxygen atoms in total. The molecule has 2 aromatic rings. The summed E-state index contributed by atoms with van der Waals surface area (Å²) in [5, 5.41) is 3.23. The molecule has 0 amide bonds. The van der Waals surface area contributed by atoms with Crippen LogP contribution in [0, 0.1) is 0 Å². The Bertz CT molecular complexity index is 809. The number of para-hydroxylation sites is 1. The Labute approximate surface area is 136 Å². The monoisotopic (exact) mass is 336 g/mol.